The number of nitrogens with zero attached hydrogens (tertiary/aromatic N) is 1. The second-order valence-electron chi connectivity index (χ2n) is 4.47. The number of hydrogen-bond acceptors (Lipinski definition) is 3. The first kappa shape index (κ1) is 11.8. The highest BCUT2D eigenvalue weighted by Crippen LogP contribution is 2.40. The van der Waals surface area contributed by atoms with Gasteiger partial charge in [0.05, 0.1) is 0 Å². The van der Waals surface area contributed by atoms with Gasteiger partial charge >= 0.3 is 0 Å². The molecule has 1 aromatic heterocycles. The van der Waals surface area contributed by atoms with Gasteiger partial charge in [0, 0.05) is 23.7 Å². The van der Waals surface area contributed by atoms with Crippen molar-refractivity contribution in [1.29, 1.82) is 0 Å². The van der Waals surface area contributed by atoms with E-state index in [2.05, 4.69) is 10.5 Å². The summed E-state index contributed by atoms with van der Waals surface area (Å²) >= 11 is 0. The van der Waals surface area contributed by atoms with Crippen LogP contribution in [-0.4, -0.2) is 11.1 Å². The van der Waals surface area contributed by atoms with Crippen molar-refractivity contribution < 1.29 is 18.1 Å². The van der Waals surface area contributed by atoms with Gasteiger partial charge in [0.25, 0.3) is 5.91 Å². The molecule has 0 atom stereocenters. The average Bonchev–Trinajstić information content (AvgIpc) is 3.11. The molecule has 1 amide bonds. The number of carbonyl (C=O) groups is 1. The molecule has 0 saturated heterocycles. The van der Waals surface area contributed by atoms with Crippen molar-refractivity contribution in [2.45, 2.75) is 18.8 Å². The molecule has 0 spiro atoms. The SMILES string of the molecule is O=C(Nc1ccc(F)c(F)c1)c1cc(C2CC2)on1. The zero-order valence-corrected chi connectivity index (χ0v) is 9.82. The van der Waals surface area contributed by atoms with Crippen molar-refractivity contribution in [1.82, 2.24) is 5.16 Å². The quantitative estimate of drug-likeness (QED) is 0.926. The number of benzene rings is 1. The van der Waals surface area contributed by atoms with Gasteiger partial charge in [-0.2, -0.15) is 0 Å². The van der Waals surface area contributed by atoms with Crippen LogP contribution in [0.1, 0.15) is 35.0 Å². The first-order valence-corrected chi connectivity index (χ1v) is 5.86. The van der Waals surface area contributed by atoms with Crippen LogP contribution in [0, 0.1) is 11.6 Å². The van der Waals surface area contributed by atoms with E-state index in [9.17, 15) is 13.6 Å². The smallest absolute Gasteiger partial charge is 0.277 e. The third-order valence-corrected chi connectivity index (χ3v) is 2.92. The summed E-state index contributed by atoms with van der Waals surface area (Å²) in [5, 5.41) is 6.09. The van der Waals surface area contributed by atoms with E-state index in [1.807, 2.05) is 0 Å². The number of halogens is 2. The molecule has 98 valence electrons. The summed E-state index contributed by atoms with van der Waals surface area (Å²) < 4.78 is 30.8. The normalized spacial score (nSPS) is 14.4. The molecule has 1 aliphatic rings. The number of carbonyl (C=O) groups excluding carboxylic acids is 1. The zero-order valence-electron chi connectivity index (χ0n) is 9.82. The van der Waals surface area contributed by atoms with Crippen LogP contribution in [0.2, 0.25) is 0 Å². The van der Waals surface area contributed by atoms with Gasteiger partial charge in [-0.3, -0.25) is 4.79 Å². The summed E-state index contributed by atoms with van der Waals surface area (Å²) in [4.78, 5) is 11.8. The van der Waals surface area contributed by atoms with E-state index in [-0.39, 0.29) is 11.4 Å². The molecule has 1 aromatic carbocycles. The number of hydrogen-bond donors (Lipinski definition) is 1. The van der Waals surface area contributed by atoms with Crippen LogP contribution in [-0.2, 0) is 0 Å². The molecule has 1 aliphatic carbocycles. The molecule has 2 aromatic rings. The van der Waals surface area contributed by atoms with Gasteiger partial charge < -0.3 is 9.84 Å². The number of rotatable bonds is 3. The highest BCUT2D eigenvalue weighted by atomic mass is 19.2. The van der Waals surface area contributed by atoms with Gasteiger partial charge in [0.2, 0.25) is 0 Å². The maximum Gasteiger partial charge on any atom is 0.277 e. The maximum absolute atomic E-state index is 13.0. The Hall–Kier alpha value is -2.24. The summed E-state index contributed by atoms with van der Waals surface area (Å²) in [6.45, 7) is 0. The third-order valence-electron chi connectivity index (χ3n) is 2.92. The van der Waals surface area contributed by atoms with Gasteiger partial charge in [-0.15, -0.1) is 0 Å². The second kappa shape index (κ2) is 4.46. The van der Waals surface area contributed by atoms with E-state index in [1.54, 1.807) is 6.07 Å². The lowest BCUT2D eigenvalue weighted by atomic mass is 10.2. The Bertz CT molecular complexity index is 635. The molecule has 0 bridgehead atoms. The Morgan fingerprint density at radius 1 is 1.26 bits per heavy atom. The molecule has 4 nitrogen and oxygen atoms in total. The van der Waals surface area contributed by atoms with Crippen molar-refractivity contribution >= 4 is 11.6 Å². The minimum atomic E-state index is -1.02. The van der Waals surface area contributed by atoms with Crippen LogP contribution in [0.5, 0.6) is 0 Å². The lowest BCUT2D eigenvalue weighted by Gasteiger charge is -2.02. The molecule has 1 N–H and O–H groups in total. The largest absolute Gasteiger partial charge is 0.360 e. The van der Waals surface area contributed by atoms with Gasteiger partial charge in [0.15, 0.2) is 17.3 Å². The lowest BCUT2D eigenvalue weighted by Crippen LogP contribution is -2.12. The molecule has 19 heavy (non-hydrogen) atoms. The molecule has 0 aliphatic heterocycles. The Morgan fingerprint density at radius 2 is 2.05 bits per heavy atom. The van der Waals surface area contributed by atoms with Gasteiger partial charge in [-0.1, -0.05) is 5.16 Å². The summed E-state index contributed by atoms with van der Waals surface area (Å²) in [7, 11) is 0. The molecule has 6 heteroatoms. The molecule has 1 heterocycles. The van der Waals surface area contributed by atoms with Crippen molar-refractivity contribution in [3.63, 3.8) is 0 Å². The van der Waals surface area contributed by atoms with Crippen LogP contribution in [0.25, 0.3) is 0 Å². The molecule has 0 unspecified atom stereocenters. The minimum absolute atomic E-state index is 0.131. The fraction of sp³-hybridized carbons (Fsp3) is 0.231. The van der Waals surface area contributed by atoms with E-state index >= 15 is 0 Å². The Labute approximate surface area is 107 Å². The first-order valence-electron chi connectivity index (χ1n) is 5.86. The number of amides is 1. The van der Waals surface area contributed by atoms with E-state index in [0.717, 1.165) is 25.0 Å². The van der Waals surface area contributed by atoms with E-state index < -0.39 is 17.5 Å². The van der Waals surface area contributed by atoms with E-state index in [0.29, 0.717) is 11.7 Å². The predicted octanol–water partition coefficient (Wildman–Crippen LogP) is 3.08. The topological polar surface area (TPSA) is 55.1 Å². The summed E-state index contributed by atoms with van der Waals surface area (Å²) in [5.41, 5.74) is 0.298. The molecule has 3 rings (SSSR count). The molecule has 0 radical (unpaired) electrons. The number of nitrogens with one attached hydrogen (secondary N) is 1. The Morgan fingerprint density at radius 3 is 2.74 bits per heavy atom. The maximum atomic E-state index is 13.0. The highest BCUT2D eigenvalue weighted by Gasteiger charge is 2.28. The number of aromatic nitrogens is 1. The molecule has 1 saturated carbocycles. The first-order chi connectivity index (χ1) is 9.13. The van der Waals surface area contributed by atoms with Gasteiger partial charge in [-0.05, 0) is 25.0 Å². The standard InChI is InChI=1S/C13H10F2N2O2/c14-9-4-3-8(5-10(9)15)16-13(18)11-6-12(19-17-11)7-1-2-7/h3-7H,1-2H2,(H,16,18). The Kier molecular flexibility index (Phi) is 2.77. The highest BCUT2D eigenvalue weighted by molar-refractivity contribution is 6.02. The minimum Gasteiger partial charge on any atom is -0.360 e. The summed E-state index contributed by atoms with van der Waals surface area (Å²) in [6.07, 6.45) is 2.08. The van der Waals surface area contributed by atoms with Crippen molar-refractivity contribution in [3.05, 3.63) is 47.4 Å². The number of anilines is 1. The molecular formula is C13H10F2N2O2. The van der Waals surface area contributed by atoms with Gasteiger partial charge in [-0.25, -0.2) is 8.78 Å². The zero-order chi connectivity index (χ0) is 13.4. The second-order valence-corrected chi connectivity index (χ2v) is 4.47. The lowest BCUT2D eigenvalue weighted by molar-refractivity contribution is 0.101. The van der Waals surface area contributed by atoms with Crippen molar-refractivity contribution in [3.8, 4) is 0 Å². The van der Waals surface area contributed by atoms with Crippen LogP contribution >= 0.6 is 0 Å². The van der Waals surface area contributed by atoms with Gasteiger partial charge in [0.1, 0.15) is 5.76 Å². The van der Waals surface area contributed by atoms with Crippen LogP contribution in [0.3, 0.4) is 0 Å². The fourth-order valence-electron chi connectivity index (χ4n) is 1.73. The molecular weight excluding hydrogens is 254 g/mol. The average molecular weight is 264 g/mol. The van der Waals surface area contributed by atoms with E-state index in [1.165, 1.54) is 6.07 Å². The molecule has 1 fully saturated rings. The summed E-state index contributed by atoms with van der Waals surface area (Å²) in [5.74, 6) is -1.44. The van der Waals surface area contributed by atoms with Crippen LogP contribution in [0.4, 0.5) is 14.5 Å². The van der Waals surface area contributed by atoms with Crippen LogP contribution in [0.15, 0.2) is 28.8 Å². The van der Waals surface area contributed by atoms with Crippen molar-refractivity contribution in [2.75, 3.05) is 5.32 Å². The monoisotopic (exact) mass is 264 g/mol. The Balaban J connectivity index is 1.74. The summed E-state index contributed by atoms with van der Waals surface area (Å²) in [6, 6.07) is 4.71. The third kappa shape index (κ3) is 2.47. The van der Waals surface area contributed by atoms with Crippen molar-refractivity contribution in [2.24, 2.45) is 0 Å². The van der Waals surface area contributed by atoms with Crippen LogP contribution < -0.4 is 5.32 Å². The fourth-order valence-corrected chi connectivity index (χ4v) is 1.73. The predicted molar refractivity (Wildman–Crippen MR) is 62.8 cm³/mol. The van der Waals surface area contributed by atoms with E-state index in [4.69, 9.17) is 4.52 Å².